The summed E-state index contributed by atoms with van der Waals surface area (Å²) in [4.78, 5) is 15.8. The molecular formula is C15H12N2OS. The molecule has 2 aromatic carbocycles. The fourth-order valence-electron chi connectivity index (χ4n) is 2.64. The largest absolute Gasteiger partial charge is 0.331 e. The third-order valence-electron chi connectivity index (χ3n) is 3.74. The number of rotatable bonds is 1. The Bertz CT molecular complexity index is 919. The summed E-state index contributed by atoms with van der Waals surface area (Å²) >= 11 is 5.35. The fraction of sp³-hybridized carbons (Fsp3) is 0.200. The molecule has 0 radical (unpaired) electrons. The summed E-state index contributed by atoms with van der Waals surface area (Å²) in [6.45, 7) is 0. The summed E-state index contributed by atoms with van der Waals surface area (Å²) in [7, 11) is 0. The van der Waals surface area contributed by atoms with E-state index in [2.05, 4.69) is 4.98 Å². The van der Waals surface area contributed by atoms with Crippen molar-refractivity contribution in [1.82, 2.24) is 9.55 Å². The van der Waals surface area contributed by atoms with Gasteiger partial charge in [0, 0.05) is 11.4 Å². The van der Waals surface area contributed by atoms with Crippen LogP contribution in [-0.4, -0.2) is 9.55 Å². The van der Waals surface area contributed by atoms with E-state index in [9.17, 15) is 4.79 Å². The van der Waals surface area contributed by atoms with Crippen LogP contribution < -0.4 is 5.56 Å². The lowest BCUT2D eigenvalue weighted by atomic mass is 10.1. The summed E-state index contributed by atoms with van der Waals surface area (Å²) in [5, 5.41) is 2.88. The topological polar surface area (TPSA) is 37.8 Å². The first kappa shape index (κ1) is 10.9. The minimum absolute atomic E-state index is 0.0343. The zero-order valence-electron chi connectivity index (χ0n) is 10.2. The quantitative estimate of drug-likeness (QED) is 0.541. The van der Waals surface area contributed by atoms with Gasteiger partial charge in [0.2, 0.25) is 0 Å². The van der Waals surface area contributed by atoms with Crippen molar-refractivity contribution in [3.05, 3.63) is 51.5 Å². The zero-order valence-corrected chi connectivity index (χ0v) is 11.0. The maximum Gasteiger partial charge on any atom is 0.262 e. The third kappa shape index (κ3) is 1.56. The van der Waals surface area contributed by atoms with Gasteiger partial charge in [0.15, 0.2) is 4.77 Å². The molecule has 0 saturated heterocycles. The Balaban J connectivity index is 2.23. The third-order valence-corrected chi connectivity index (χ3v) is 4.04. The Kier molecular flexibility index (Phi) is 2.17. The number of hydrogen-bond acceptors (Lipinski definition) is 2. The van der Waals surface area contributed by atoms with E-state index in [4.69, 9.17) is 12.2 Å². The molecule has 94 valence electrons. The van der Waals surface area contributed by atoms with E-state index >= 15 is 0 Å². The molecule has 1 N–H and O–H groups in total. The van der Waals surface area contributed by atoms with Gasteiger partial charge < -0.3 is 4.98 Å². The van der Waals surface area contributed by atoms with Crippen LogP contribution in [0.15, 0.2) is 41.2 Å². The van der Waals surface area contributed by atoms with Crippen molar-refractivity contribution in [2.24, 2.45) is 0 Å². The highest BCUT2D eigenvalue weighted by Crippen LogP contribution is 2.34. The van der Waals surface area contributed by atoms with Gasteiger partial charge in [0.25, 0.3) is 5.56 Å². The Labute approximate surface area is 114 Å². The lowest BCUT2D eigenvalue weighted by molar-refractivity contribution is 0.686. The van der Waals surface area contributed by atoms with E-state index in [-0.39, 0.29) is 5.56 Å². The maximum atomic E-state index is 12.6. The molecule has 0 bridgehead atoms. The average Bonchev–Trinajstić information content (AvgIpc) is 3.23. The van der Waals surface area contributed by atoms with Crippen LogP contribution in [0.25, 0.3) is 21.7 Å². The molecule has 4 rings (SSSR count). The number of aromatic nitrogens is 2. The molecule has 4 heteroatoms. The summed E-state index contributed by atoms with van der Waals surface area (Å²) < 4.78 is 2.27. The van der Waals surface area contributed by atoms with Crippen molar-refractivity contribution in [2.75, 3.05) is 0 Å². The highest BCUT2D eigenvalue weighted by atomic mass is 32.1. The molecule has 0 atom stereocenters. The predicted molar refractivity (Wildman–Crippen MR) is 79.2 cm³/mol. The van der Waals surface area contributed by atoms with Crippen LogP contribution in [-0.2, 0) is 0 Å². The Hall–Kier alpha value is -1.94. The van der Waals surface area contributed by atoms with Gasteiger partial charge in [-0.3, -0.25) is 9.36 Å². The van der Waals surface area contributed by atoms with E-state index in [1.165, 1.54) is 0 Å². The lowest BCUT2D eigenvalue weighted by Crippen LogP contribution is -2.21. The molecule has 1 aliphatic carbocycles. The van der Waals surface area contributed by atoms with Crippen LogP contribution in [0.2, 0.25) is 0 Å². The van der Waals surface area contributed by atoms with Crippen molar-refractivity contribution < 1.29 is 0 Å². The second-order valence-corrected chi connectivity index (χ2v) is 5.43. The van der Waals surface area contributed by atoms with Gasteiger partial charge in [0.1, 0.15) is 0 Å². The van der Waals surface area contributed by atoms with Crippen molar-refractivity contribution in [3.8, 4) is 0 Å². The van der Waals surface area contributed by atoms with E-state index in [0.717, 1.165) is 34.5 Å². The summed E-state index contributed by atoms with van der Waals surface area (Å²) in [6.07, 6.45) is 2.10. The second kappa shape index (κ2) is 3.78. The Morgan fingerprint density at radius 3 is 2.68 bits per heavy atom. The molecule has 0 aliphatic heterocycles. The highest BCUT2D eigenvalue weighted by molar-refractivity contribution is 7.71. The van der Waals surface area contributed by atoms with Crippen LogP contribution in [0, 0.1) is 4.77 Å². The number of hydrogen-bond donors (Lipinski definition) is 1. The van der Waals surface area contributed by atoms with Gasteiger partial charge in [-0.2, -0.15) is 0 Å². The molecule has 1 heterocycles. The molecule has 1 aromatic heterocycles. The number of fused-ring (bicyclic) bond motifs is 3. The van der Waals surface area contributed by atoms with Crippen LogP contribution in [0.5, 0.6) is 0 Å². The number of nitrogens with one attached hydrogen (secondary N) is 1. The highest BCUT2D eigenvalue weighted by Gasteiger charge is 2.26. The monoisotopic (exact) mass is 268 g/mol. The molecule has 3 aromatic rings. The van der Waals surface area contributed by atoms with Crippen LogP contribution in [0.3, 0.4) is 0 Å². The van der Waals surface area contributed by atoms with Gasteiger partial charge in [-0.25, -0.2) is 0 Å². The molecule has 1 saturated carbocycles. The van der Waals surface area contributed by atoms with Gasteiger partial charge in [-0.15, -0.1) is 0 Å². The molecule has 0 amide bonds. The molecule has 3 nitrogen and oxygen atoms in total. The zero-order chi connectivity index (χ0) is 13.0. The first-order valence-corrected chi connectivity index (χ1v) is 6.83. The lowest BCUT2D eigenvalue weighted by Gasteiger charge is -2.08. The van der Waals surface area contributed by atoms with Crippen molar-refractivity contribution in [3.63, 3.8) is 0 Å². The van der Waals surface area contributed by atoms with Gasteiger partial charge in [-0.05, 0) is 36.5 Å². The number of aromatic amines is 1. The normalized spacial score (nSPS) is 15.2. The molecule has 19 heavy (non-hydrogen) atoms. The summed E-state index contributed by atoms with van der Waals surface area (Å²) in [6, 6.07) is 12.2. The molecule has 0 spiro atoms. The molecule has 1 fully saturated rings. The van der Waals surface area contributed by atoms with E-state index in [1.54, 1.807) is 4.57 Å². The summed E-state index contributed by atoms with van der Waals surface area (Å²) in [5.74, 6) is 0. The smallest absolute Gasteiger partial charge is 0.262 e. The van der Waals surface area contributed by atoms with Gasteiger partial charge >= 0.3 is 0 Å². The van der Waals surface area contributed by atoms with Crippen LogP contribution in [0.4, 0.5) is 0 Å². The average molecular weight is 268 g/mol. The number of benzene rings is 2. The van der Waals surface area contributed by atoms with Gasteiger partial charge in [0.05, 0.1) is 10.9 Å². The maximum absolute atomic E-state index is 12.6. The Morgan fingerprint density at radius 1 is 1.11 bits per heavy atom. The summed E-state index contributed by atoms with van der Waals surface area (Å²) in [5.41, 5.74) is 0.886. The van der Waals surface area contributed by atoms with Crippen LogP contribution >= 0.6 is 12.2 Å². The molecule has 1 aliphatic rings. The number of nitrogens with zero attached hydrogens (tertiary/aromatic N) is 1. The molecular weight excluding hydrogens is 256 g/mol. The van der Waals surface area contributed by atoms with Crippen LogP contribution in [0.1, 0.15) is 18.9 Å². The first-order valence-electron chi connectivity index (χ1n) is 6.42. The van der Waals surface area contributed by atoms with E-state index in [1.807, 2.05) is 36.4 Å². The van der Waals surface area contributed by atoms with E-state index < -0.39 is 0 Å². The SMILES string of the molecule is O=c1c2ccc3ccccc3c2[nH]c(=S)n1C1CC1. The minimum atomic E-state index is 0.0343. The molecule has 0 unspecified atom stereocenters. The van der Waals surface area contributed by atoms with Crippen molar-refractivity contribution in [1.29, 1.82) is 0 Å². The predicted octanol–water partition coefficient (Wildman–Crippen LogP) is 3.55. The standard InChI is InChI=1S/C15H12N2OS/c18-14-12-8-5-9-3-1-2-4-11(9)13(12)16-15(19)17(14)10-6-7-10/h1-5,8,10H,6-7H2,(H,16,19). The van der Waals surface area contributed by atoms with E-state index in [0.29, 0.717) is 10.8 Å². The second-order valence-electron chi connectivity index (χ2n) is 5.05. The minimum Gasteiger partial charge on any atom is -0.331 e. The Morgan fingerprint density at radius 2 is 1.89 bits per heavy atom. The fourth-order valence-corrected chi connectivity index (χ4v) is 2.97. The van der Waals surface area contributed by atoms with Crippen molar-refractivity contribution >= 4 is 33.9 Å². The first-order chi connectivity index (χ1) is 9.25. The van der Waals surface area contributed by atoms with Gasteiger partial charge in [-0.1, -0.05) is 30.3 Å². The number of H-pyrrole nitrogens is 1. The van der Waals surface area contributed by atoms with Crippen molar-refractivity contribution in [2.45, 2.75) is 18.9 Å².